The zero-order valence-corrected chi connectivity index (χ0v) is 18.4. The minimum Gasteiger partial charge on any atom is -0.395 e. The van der Waals surface area contributed by atoms with Crippen LogP contribution in [0, 0.1) is 5.41 Å². The van der Waals surface area contributed by atoms with E-state index in [0.29, 0.717) is 0 Å². The molecule has 0 saturated heterocycles. The maximum atomic E-state index is 12.0. The van der Waals surface area contributed by atoms with E-state index in [1.807, 2.05) is 84.9 Å². The third kappa shape index (κ3) is 4.07. The summed E-state index contributed by atoms with van der Waals surface area (Å²) in [6, 6.07) is 27.3. The molecule has 0 aliphatic carbocycles. The predicted molar refractivity (Wildman–Crippen MR) is 128 cm³/mol. The SMILES string of the molecule is OCC(CO)(CO)C(O)(Sc1cccc2ccccc12)Sc1cccc2ccccc12. The molecule has 4 aromatic rings. The molecule has 6 heteroatoms. The maximum absolute atomic E-state index is 12.0. The Labute approximate surface area is 189 Å². The van der Waals surface area contributed by atoms with Crippen LogP contribution in [0.2, 0.25) is 0 Å². The van der Waals surface area contributed by atoms with Crippen molar-refractivity contribution in [1.29, 1.82) is 0 Å². The lowest BCUT2D eigenvalue weighted by molar-refractivity contribution is -0.0617. The first-order valence-corrected chi connectivity index (χ1v) is 11.6. The van der Waals surface area contributed by atoms with E-state index in [-0.39, 0.29) is 0 Å². The van der Waals surface area contributed by atoms with Gasteiger partial charge in [-0.15, -0.1) is 0 Å². The van der Waals surface area contributed by atoms with Crippen LogP contribution in [-0.2, 0) is 0 Å². The number of rotatable bonds is 8. The molecule has 0 atom stereocenters. The average Bonchev–Trinajstić information content (AvgIpc) is 2.81. The first-order valence-electron chi connectivity index (χ1n) is 9.94. The largest absolute Gasteiger partial charge is 0.395 e. The summed E-state index contributed by atoms with van der Waals surface area (Å²) in [7, 11) is 0. The highest BCUT2D eigenvalue weighted by Gasteiger charge is 2.52. The second kappa shape index (κ2) is 9.20. The summed E-state index contributed by atoms with van der Waals surface area (Å²) in [5.41, 5.74) is -1.55. The van der Waals surface area contributed by atoms with Crippen molar-refractivity contribution in [3.63, 3.8) is 0 Å². The zero-order valence-electron chi connectivity index (χ0n) is 16.8. The van der Waals surface area contributed by atoms with Gasteiger partial charge in [0.1, 0.15) is 0 Å². The van der Waals surface area contributed by atoms with E-state index in [0.717, 1.165) is 54.9 Å². The quantitative estimate of drug-likeness (QED) is 0.233. The molecular weight excluding hydrogens is 428 g/mol. The van der Waals surface area contributed by atoms with Crippen molar-refractivity contribution in [3.8, 4) is 0 Å². The summed E-state index contributed by atoms with van der Waals surface area (Å²) >= 11 is 2.29. The van der Waals surface area contributed by atoms with E-state index < -0.39 is 29.5 Å². The summed E-state index contributed by atoms with van der Waals surface area (Å²) < 4.78 is -1.75. The van der Waals surface area contributed by atoms with Crippen LogP contribution >= 0.6 is 23.5 Å². The van der Waals surface area contributed by atoms with Crippen molar-refractivity contribution < 1.29 is 20.4 Å². The molecule has 31 heavy (non-hydrogen) atoms. The molecule has 0 amide bonds. The van der Waals surface area contributed by atoms with Gasteiger partial charge in [0.05, 0.1) is 25.2 Å². The van der Waals surface area contributed by atoms with Gasteiger partial charge in [-0.05, 0) is 33.7 Å². The number of hydrogen-bond acceptors (Lipinski definition) is 6. The molecule has 160 valence electrons. The Bertz CT molecular complexity index is 1090. The third-order valence-corrected chi connectivity index (χ3v) is 8.65. The number of aliphatic hydroxyl groups excluding tert-OH is 3. The Morgan fingerprint density at radius 3 is 1.35 bits per heavy atom. The lowest BCUT2D eigenvalue weighted by atomic mass is 9.92. The average molecular weight is 453 g/mol. The molecule has 0 aromatic heterocycles. The van der Waals surface area contributed by atoms with Gasteiger partial charge in [-0.3, -0.25) is 0 Å². The van der Waals surface area contributed by atoms with E-state index >= 15 is 0 Å². The zero-order chi connectivity index (χ0) is 21.9. The summed E-state index contributed by atoms with van der Waals surface area (Å²) in [4.78, 5) is 1.60. The molecule has 0 unspecified atom stereocenters. The lowest BCUT2D eigenvalue weighted by Gasteiger charge is -2.43. The number of hydrogen-bond donors (Lipinski definition) is 4. The molecule has 4 rings (SSSR count). The molecule has 0 spiro atoms. The van der Waals surface area contributed by atoms with E-state index in [4.69, 9.17) is 0 Å². The van der Waals surface area contributed by atoms with E-state index in [2.05, 4.69) is 0 Å². The van der Waals surface area contributed by atoms with Crippen LogP contribution in [0.5, 0.6) is 0 Å². The van der Waals surface area contributed by atoms with Crippen molar-refractivity contribution in [2.45, 2.75) is 14.1 Å². The molecule has 4 nitrogen and oxygen atoms in total. The number of fused-ring (bicyclic) bond motifs is 2. The summed E-state index contributed by atoms with van der Waals surface area (Å²) in [5.74, 6) is 0. The summed E-state index contributed by atoms with van der Waals surface area (Å²) in [6.07, 6.45) is 0. The smallest absolute Gasteiger partial charge is 0.178 e. The molecule has 0 bridgehead atoms. The van der Waals surface area contributed by atoms with Gasteiger partial charge in [-0.25, -0.2) is 0 Å². The van der Waals surface area contributed by atoms with Crippen LogP contribution in [0.25, 0.3) is 21.5 Å². The van der Waals surface area contributed by atoms with Crippen molar-refractivity contribution in [2.24, 2.45) is 5.41 Å². The molecule has 4 N–H and O–H groups in total. The highest BCUT2D eigenvalue weighted by Crippen LogP contribution is 2.55. The van der Waals surface area contributed by atoms with Gasteiger partial charge in [0.2, 0.25) is 0 Å². The normalized spacial score (nSPS) is 12.5. The van der Waals surface area contributed by atoms with Crippen LogP contribution in [0.15, 0.2) is 94.7 Å². The molecule has 0 heterocycles. The van der Waals surface area contributed by atoms with E-state index in [1.165, 1.54) is 0 Å². The van der Waals surface area contributed by atoms with E-state index in [9.17, 15) is 20.4 Å². The van der Waals surface area contributed by atoms with Crippen molar-refractivity contribution in [1.82, 2.24) is 0 Å². The second-order valence-electron chi connectivity index (χ2n) is 7.50. The van der Waals surface area contributed by atoms with Gasteiger partial charge in [-0.2, -0.15) is 0 Å². The summed E-state index contributed by atoms with van der Waals surface area (Å²) in [6.45, 7) is -1.73. The van der Waals surface area contributed by atoms with Crippen LogP contribution in [0.3, 0.4) is 0 Å². The highest BCUT2D eigenvalue weighted by atomic mass is 32.2. The Balaban J connectivity index is 1.85. The van der Waals surface area contributed by atoms with Gasteiger partial charge in [0, 0.05) is 9.79 Å². The Hall–Kier alpha value is -2.06. The number of aliphatic hydroxyl groups is 4. The Morgan fingerprint density at radius 1 is 0.548 bits per heavy atom. The minimum absolute atomic E-state index is 0.577. The van der Waals surface area contributed by atoms with E-state index in [1.54, 1.807) is 0 Å². The summed E-state index contributed by atoms with van der Waals surface area (Å²) in [5, 5.41) is 46.5. The van der Waals surface area contributed by atoms with Crippen LogP contribution < -0.4 is 0 Å². The van der Waals surface area contributed by atoms with Crippen LogP contribution in [-0.4, -0.2) is 44.5 Å². The molecule has 0 saturated carbocycles. The molecule has 0 fully saturated rings. The molecule has 4 aromatic carbocycles. The Kier molecular flexibility index (Phi) is 6.57. The van der Waals surface area contributed by atoms with Gasteiger partial charge >= 0.3 is 0 Å². The topological polar surface area (TPSA) is 80.9 Å². The highest BCUT2D eigenvalue weighted by molar-refractivity contribution is 8.18. The van der Waals surface area contributed by atoms with Crippen molar-refractivity contribution in [2.75, 3.05) is 19.8 Å². The third-order valence-electron chi connectivity index (χ3n) is 5.57. The minimum atomic E-state index is -1.75. The molecule has 0 aliphatic heterocycles. The second-order valence-corrected chi connectivity index (χ2v) is 10.2. The number of benzene rings is 4. The first kappa shape index (κ1) is 22.1. The fourth-order valence-electron chi connectivity index (χ4n) is 3.55. The number of thioether (sulfide) groups is 2. The Morgan fingerprint density at radius 2 is 0.935 bits per heavy atom. The van der Waals surface area contributed by atoms with Crippen LogP contribution in [0.1, 0.15) is 0 Å². The van der Waals surface area contributed by atoms with Gasteiger partial charge < -0.3 is 20.4 Å². The fraction of sp³-hybridized carbons (Fsp3) is 0.200. The first-order chi connectivity index (χ1) is 15.1. The predicted octanol–water partition coefficient (Wildman–Crippen LogP) is 4.49. The molecule has 0 radical (unpaired) electrons. The fourth-order valence-corrected chi connectivity index (χ4v) is 6.56. The lowest BCUT2D eigenvalue weighted by Crippen LogP contribution is -2.51. The molecular formula is C25H24O4S2. The maximum Gasteiger partial charge on any atom is 0.178 e. The van der Waals surface area contributed by atoms with Gasteiger partial charge in [0.15, 0.2) is 4.27 Å². The van der Waals surface area contributed by atoms with Crippen molar-refractivity contribution >= 4 is 45.1 Å². The molecule has 0 aliphatic rings. The van der Waals surface area contributed by atoms with Gasteiger partial charge in [0.25, 0.3) is 0 Å². The monoisotopic (exact) mass is 452 g/mol. The van der Waals surface area contributed by atoms with Crippen molar-refractivity contribution in [3.05, 3.63) is 84.9 Å². The standard InChI is InChI=1S/C25H24O4S2/c26-15-24(16-27,17-28)25(29,30-22-13-5-9-18-7-1-3-11-20(18)22)31-23-14-6-10-19-8-2-4-12-21(19)23/h1-14,26-29H,15-17H2. The van der Waals surface area contributed by atoms with Crippen LogP contribution in [0.4, 0.5) is 0 Å². The van der Waals surface area contributed by atoms with Gasteiger partial charge in [-0.1, -0.05) is 96.3 Å².